The van der Waals surface area contributed by atoms with Crippen LogP contribution in [0.3, 0.4) is 0 Å². The highest BCUT2D eigenvalue weighted by Gasteiger charge is 2.28. The smallest absolute Gasteiger partial charge is 0.360 e. The fourth-order valence-corrected chi connectivity index (χ4v) is 4.49. The predicted octanol–water partition coefficient (Wildman–Crippen LogP) is 4.02. The van der Waals surface area contributed by atoms with E-state index in [1.165, 1.54) is 11.1 Å². The van der Waals surface area contributed by atoms with Crippen molar-refractivity contribution in [1.29, 1.82) is 0 Å². The quantitative estimate of drug-likeness (QED) is 0.379. The maximum absolute atomic E-state index is 12.8. The number of amidine groups is 2. The molecule has 188 valence electrons. The van der Waals surface area contributed by atoms with E-state index < -0.39 is 5.97 Å². The summed E-state index contributed by atoms with van der Waals surface area (Å²) in [4.78, 5) is 22.5. The second kappa shape index (κ2) is 10.0. The van der Waals surface area contributed by atoms with Crippen molar-refractivity contribution in [3.8, 4) is 0 Å². The van der Waals surface area contributed by atoms with Crippen LogP contribution in [0.15, 0.2) is 68.7 Å². The second-order valence-corrected chi connectivity index (χ2v) is 10.3. The van der Waals surface area contributed by atoms with Gasteiger partial charge in [0.05, 0.1) is 23.4 Å². The maximum Gasteiger partial charge on any atom is 0.360 e. The van der Waals surface area contributed by atoms with E-state index in [0.29, 0.717) is 17.4 Å². The van der Waals surface area contributed by atoms with Crippen LogP contribution in [0.2, 0.25) is 0 Å². The summed E-state index contributed by atoms with van der Waals surface area (Å²) in [7, 11) is 0. The van der Waals surface area contributed by atoms with Gasteiger partial charge < -0.3 is 4.74 Å². The Morgan fingerprint density at radius 3 is 1.83 bits per heavy atom. The van der Waals surface area contributed by atoms with Crippen molar-refractivity contribution in [2.75, 3.05) is 6.61 Å². The van der Waals surface area contributed by atoms with E-state index in [9.17, 15) is 4.79 Å². The summed E-state index contributed by atoms with van der Waals surface area (Å²) in [5.41, 5.74) is 10.3. The van der Waals surface area contributed by atoms with Crippen LogP contribution in [0.25, 0.3) is 0 Å². The number of hydrogen-bond acceptors (Lipinski definition) is 8. The van der Waals surface area contributed by atoms with E-state index >= 15 is 0 Å². The van der Waals surface area contributed by atoms with Gasteiger partial charge in [0.1, 0.15) is 11.7 Å². The molecule has 8 heteroatoms. The van der Waals surface area contributed by atoms with E-state index in [0.717, 1.165) is 24.0 Å². The summed E-state index contributed by atoms with van der Waals surface area (Å²) in [6.07, 6.45) is 1.67. The van der Waals surface area contributed by atoms with Crippen LogP contribution < -0.4 is 10.9 Å². The summed E-state index contributed by atoms with van der Waals surface area (Å²) in [6, 6.07) is 16.2. The molecule has 0 fully saturated rings. The summed E-state index contributed by atoms with van der Waals surface area (Å²) in [5, 5.41) is 8.89. The Hall–Kier alpha value is -3.81. The lowest BCUT2D eigenvalue weighted by Gasteiger charge is -2.28. The molecule has 2 aromatic carbocycles. The molecular formula is C28H34N6O2. The van der Waals surface area contributed by atoms with E-state index in [1.807, 2.05) is 36.4 Å². The van der Waals surface area contributed by atoms with Gasteiger partial charge >= 0.3 is 5.97 Å². The van der Waals surface area contributed by atoms with Crippen LogP contribution in [0.1, 0.15) is 63.8 Å². The molecular weight excluding hydrogens is 452 g/mol. The first-order valence-electron chi connectivity index (χ1n) is 12.3. The fourth-order valence-electron chi connectivity index (χ4n) is 4.49. The van der Waals surface area contributed by atoms with Crippen molar-refractivity contribution < 1.29 is 9.53 Å². The number of aliphatic imine (C=N–C) groups is 2. The zero-order valence-electron chi connectivity index (χ0n) is 21.8. The average molecular weight is 487 g/mol. The molecule has 2 aliphatic rings. The number of fused-ring (bicyclic) bond motifs is 2. The van der Waals surface area contributed by atoms with Gasteiger partial charge in [0.2, 0.25) is 0 Å². The van der Waals surface area contributed by atoms with E-state index in [2.05, 4.69) is 60.9 Å². The largest absolute Gasteiger partial charge is 0.461 e. The van der Waals surface area contributed by atoms with Gasteiger partial charge in [-0.2, -0.15) is 10.2 Å². The van der Waals surface area contributed by atoms with Crippen molar-refractivity contribution in [3.05, 3.63) is 70.8 Å². The van der Waals surface area contributed by atoms with Crippen molar-refractivity contribution in [2.24, 2.45) is 20.2 Å². The van der Waals surface area contributed by atoms with Crippen LogP contribution in [0.5, 0.6) is 0 Å². The van der Waals surface area contributed by atoms with Crippen molar-refractivity contribution in [2.45, 2.75) is 65.5 Å². The predicted molar refractivity (Wildman–Crippen MR) is 145 cm³/mol. The number of rotatable bonds is 5. The number of nitrogens with zero attached hydrogens (tertiary/aromatic N) is 4. The number of hydrazone groups is 2. The molecule has 0 atom stereocenters. The maximum atomic E-state index is 12.8. The highest BCUT2D eigenvalue weighted by Crippen LogP contribution is 2.27. The summed E-state index contributed by atoms with van der Waals surface area (Å²) < 4.78 is 5.27. The zero-order valence-corrected chi connectivity index (χ0v) is 21.8. The highest BCUT2D eigenvalue weighted by atomic mass is 16.5. The molecule has 2 heterocycles. The lowest BCUT2D eigenvalue weighted by atomic mass is 9.89. The monoisotopic (exact) mass is 486 g/mol. The van der Waals surface area contributed by atoms with Gasteiger partial charge in [-0.3, -0.25) is 20.8 Å². The van der Waals surface area contributed by atoms with E-state index in [-0.39, 0.29) is 23.4 Å². The molecule has 0 aromatic heterocycles. The molecule has 0 amide bonds. The van der Waals surface area contributed by atoms with Gasteiger partial charge in [-0.15, -0.1) is 0 Å². The molecule has 2 aromatic rings. The Morgan fingerprint density at radius 1 is 0.861 bits per heavy atom. The normalized spacial score (nSPS) is 18.3. The molecule has 0 unspecified atom stereocenters. The van der Waals surface area contributed by atoms with Crippen molar-refractivity contribution in [1.82, 2.24) is 10.9 Å². The number of carbonyl (C=O) groups is 1. The van der Waals surface area contributed by atoms with E-state index in [1.54, 1.807) is 13.8 Å². The average Bonchev–Trinajstić information content (AvgIpc) is 2.81. The molecule has 0 saturated heterocycles. The Kier molecular flexibility index (Phi) is 7.06. The van der Waals surface area contributed by atoms with Crippen LogP contribution in [0.4, 0.5) is 0 Å². The lowest BCUT2D eigenvalue weighted by Crippen LogP contribution is -2.37. The molecule has 36 heavy (non-hydrogen) atoms. The summed E-state index contributed by atoms with van der Waals surface area (Å²) >= 11 is 0. The van der Waals surface area contributed by atoms with Crippen LogP contribution in [-0.2, 0) is 22.4 Å². The number of nitrogens with one attached hydrogen (secondary N) is 2. The van der Waals surface area contributed by atoms with Gasteiger partial charge in [-0.1, -0.05) is 48.5 Å². The molecule has 2 aliphatic heterocycles. The first-order chi connectivity index (χ1) is 17.1. The standard InChI is InChI=1S/C28H34N6O2/c1-7-36-26(35)23(32-34-25-22-15-11-9-13-20(22)17-28(5,6)30-25)18(2)31-33-24-21-14-10-8-12-19(21)16-27(3,4)29-24/h8-15H,7,16-17H2,1-6H3,(H,29,33)(H,30,34)/b31-18-,32-23-. The lowest BCUT2D eigenvalue weighted by molar-refractivity contribution is -0.134. The Balaban J connectivity index is 1.63. The SMILES string of the molecule is CCOC(=O)C(=N\NC1=NC(C)(C)Cc2ccccc21)/C(C)=N\NC1=NC(C)(C)Cc2ccccc21. The van der Waals surface area contributed by atoms with Gasteiger partial charge in [-0.25, -0.2) is 4.79 Å². The summed E-state index contributed by atoms with van der Waals surface area (Å²) in [6.45, 7) is 12.0. The topological polar surface area (TPSA) is 99.8 Å². The van der Waals surface area contributed by atoms with Crippen molar-refractivity contribution >= 4 is 29.1 Å². The second-order valence-electron chi connectivity index (χ2n) is 10.3. The minimum Gasteiger partial charge on any atom is -0.461 e. The molecule has 0 aliphatic carbocycles. The third-order valence-corrected chi connectivity index (χ3v) is 6.03. The molecule has 0 spiro atoms. The zero-order chi connectivity index (χ0) is 25.9. The fraction of sp³-hybridized carbons (Fsp3) is 0.393. The first kappa shape index (κ1) is 25.3. The molecule has 0 bridgehead atoms. The minimum atomic E-state index is -0.566. The molecule has 2 N–H and O–H groups in total. The van der Waals surface area contributed by atoms with Crippen LogP contribution >= 0.6 is 0 Å². The van der Waals surface area contributed by atoms with Crippen molar-refractivity contribution in [3.63, 3.8) is 0 Å². The Morgan fingerprint density at radius 2 is 1.33 bits per heavy atom. The molecule has 0 radical (unpaired) electrons. The van der Waals surface area contributed by atoms with Gasteiger partial charge in [-0.05, 0) is 65.5 Å². The highest BCUT2D eigenvalue weighted by molar-refractivity contribution is 6.65. The number of benzene rings is 2. The van der Waals surface area contributed by atoms with Gasteiger partial charge in [0, 0.05) is 11.1 Å². The Bertz CT molecular complexity index is 1290. The third-order valence-electron chi connectivity index (χ3n) is 6.03. The number of ether oxygens (including phenoxy) is 1. The number of hydrogen-bond donors (Lipinski definition) is 2. The first-order valence-corrected chi connectivity index (χ1v) is 12.3. The number of carbonyl (C=O) groups excluding carboxylic acids is 1. The van der Waals surface area contributed by atoms with Gasteiger partial charge in [0.15, 0.2) is 5.71 Å². The minimum absolute atomic E-state index is 0.0665. The molecule has 8 nitrogen and oxygen atoms in total. The van der Waals surface area contributed by atoms with Crippen LogP contribution in [-0.4, -0.2) is 46.7 Å². The van der Waals surface area contributed by atoms with Crippen LogP contribution in [0, 0.1) is 0 Å². The molecule has 0 saturated carbocycles. The van der Waals surface area contributed by atoms with Gasteiger partial charge in [0.25, 0.3) is 0 Å². The summed E-state index contributed by atoms with van der Waals surface area (Å²) in [5.74, 6) is 0.699. The van der Waals surface area contributed by atoms with E-state index in [4.69, 9.17) is 14.7 Å². The molecule has 4 rings (SSSR count). The third kappa shape index (κ3) is 5.70. The Labute approximate surface area is 212 Å². The number of esters is 1.